The van der Waals surface area contributed by atoms with Crippen molar-refractivity contribution in [3.8, 4) is 11.5 Å². The van der Waals surface area contributed by atoms with Crippen LogP contribution in [-0.4, -0.2) is 46.1 Å². The molecule has 0 atom stereocenters. The SMILES string of the molecule is O=S(=O)(O)c1cc(O)c2c(O)c(N=Nc3ncc[nH]3)c(S(=O)(=O)O)cc2c1. The molecule has 0 bridgehead atoms. The van der Waals surface area contributed by atoms with Crippen molar-refractivity contribution in [3.05, 3.63) is 30.6 Å². The number of hydrogen-bond donors (Lipinski definition) is 5. The van der Waals surface area contributed by atoms with Gasteiger partial charge in [-0.25, -0.2) is 4.98 Å². The summed E-state index contributed by atoms with van der Waals surface area (Å²) in [5, 5.41) is 26.8. The second-order valence-electron chi connectivity index (χ2n) is 5.18. The van der Waals surface area contributed by atoms with E-state index in [0.29, 0.717) is 6.07 Å². The molecule has 27 heavy (non-hydrogen) atoms. The number of fused-ring (bicyclic) bond motifs is 1. The summed E-state index contributed by atoms with van der Waals surface area (Å²) in [6.45, 7) is 0. The number of nitrogens with one attached hydrogen (secondary N) is 1. The number of imidazole rings is 1. The Labute approximate surface area is 151 Å². The van der Waals surface area contributed by atoms with Crippen LogP contribution in [0.2, 0.25) is 0 Å². The van der Waals surface area contributed by atoms with Crippen LogP contribution >= 0.6 is 0 Å². The maximum absolute atomic E-state index is 11.7. The molecule has 0 amide bonds. The monoisotopic (exact) mass is 414 g/mol. The molecular formula is C13H10N4O8S2. The lowest BCUT2D eigenvalue weighted by Crippen LogP contribution is -2.01. The highest BCUT2D eigenvalue weighted by atomic mass is 32.2. The van der Waals surface area contributed by atoms with Gasteiger partial charge < -0.3 is 15.2 Å². The summed E-state index contributed by atoms with van der Waals surface area (Å²) in [4.78, 5) is 4.61. The average Bonchev–Trinajstić information content (AvgIpc) is 3.04. The molecule has 0 unspecified atom stereocenters. The Hall–Kier alpha value is -3.07. The van der Waals surface area contributed by atoms with Gasteiger partial charge in [0.25, 0.3) is 20.2 Å². The number of nitrogens with zero attached hydrogens (tertiary/aromatic N) is 3. The van der Waals surface area contributed by atoms with Gasteiger partial charge in [0.1, 0.15) is 16.3 Å². The summed E-state index contributed by atoms with van der Waals surface area (Å²) in [5.41, 5.74) is -0.712. The van der Waals surface area contributed by atoms with Crippen molar-refractivity contribution in [2.75, 3.05) is 0 Å². The van der Waals surface area contributed by atoms with Crippen molar-refractivity contribution in [2.45, 2.75) is 9.79 Å². The Morgan fingerprint density at radius 1 is 0.963 bits per heavy atom. The minimum atomic E-state index is -4.94. The molecule has 0 spiro atoms. The predicted molar refractivity (Wildman–Crippen MR) is 89.7 cm³/mol. The van der Waals surface area contributed by atoms with Gasteiger partial charge in [-0.1, -0.05) is 0 Å². The Bertz CT molecular complexity index is 1280. The molecule has 0 aliphatic rings. The van der Waals surface area contributed by atoms with E-state index in [2.05, 4.69) is 20.2 Å². The normalized spacial score (nSPS) is 12.8. The van der Waals surface area contributed by atoms with Crippen molar-refractivity contribution in [3.63, 3.8) is 0 Å². The zero-order valence-corrected chi connectivity index (χ0v) is 14.6. The third-order valence-electron chi connectivity index (χ3n) is 3.41. The van der Waals surface area contributed by atoms with Crippen LogP contribution in [0.3, 0.4) is 0 Å². The van der Waals surface area contributed by atoms with Crippen LogP contribution in [-0.2, 0) is 20.2 Å². The van der Waals surface area contributed by atoms with Gasteiger partial charge in [0.15, 0.2) is 5.75 Å². The second-order valence-corrected chi connectivity index (χ2v) is 7.99. The summed E-state index contributed by atoms with van der Waals surface area (Å²) in [6, 6.07) is 2.21. The van der Waals surface area contributed by atoms with Crippen LogP contribution in [0, 0.1) is 0 Å². The number of H-pyrrole nitrogens is 1. The van der Waals surface area contributed by atoms with Crippen molar-refractivity contribution in [1.82, 2.24) is 9.97 Å². The van der Waals surface area contributed by atoms with E-state index in [1.807, 2.05) is 0 Å². The Morgan fingerprint density at radius 2 is 1.67 bits per heavy atom. The van der Waals surface area contributed by atoms with Crippen LogP contribution < -0.4 is 0 Å². The number of benzene rings is 2. The maximum atomic E-state index is 11.7. The molecule has 1 aromatic heterocycles. The minimum absolute atomic E-state index is 0.0401. The van der Waals surface area contributed by atoms with Crippen molar-refractivity contribution >= 4 is 42.6 Å². The zero-order chi connectivity index (χ0) is 20.0. The number of aromatic hydroxyl groups is 2. The van der Waals surface area contributed by atoms with Crippen molar-refractivity contribution < 1.29 is 36.2 Å². The van der Waals surface area contributed by atoms with Gasteiger partial charge in [-0.3, -0.25) is 9.11 Å². The fourth-order valence-electron chi connectivity index (χ4n) is 2.29. The second kappa shape index (κ2) is 6.27. The first-order chi connectivity index (χ1) is 12.5. The fraction of sp³-hybridized carbons (Fsp3) is 0. The van der Waals surface area contributed by atoms with E-state index in [9.17, 15) is 31.6 Å². The number of aromatic amines is 1. The molecule has 3 aromatic rings. The molecule has 5 N–H and O–H groups in total. The van der Waals surface area contributed by atoms with E-state index in [1.54, 1.807) is 0 Å². The standard InChI is InChI=1S/C13H10N4O8S2/c18-8-5-7(26(20,21)22)3-6-4-9(27(23,24)25)11(12(19)10(6)8)16-17-13-14-1-2-15-13/h1-5,18-19H,(H,14,15)(H,20,21,22)(H,23,24,25). The van der Waals surface area contributed by atoms with Gasteiger partial charge in [-0.15, -0.1) is 10.2 Å². The summed E-state index contributed by atoms with van der Waals surface area (Å²) in [6.07, 6.45) is 2.74. The predicted octanol–water partition coefficient (Wildman–Crippen LogP) is 1.88. The van der Waals surface area contributed by atoms with Crippen molar-refractivity contribution in [2.24, 2.45) is 10.2 Å². The lowest BCUT2D eigenvalue weighted by molar-refractivity contribution is 0.457. The average molecular weight is 414 g/mol. The van der Waals surface area contributed by atoms with Crippen LogP contribution in [0.1, 0.15) is 0 Å². The molecule has 0 fully saturated rings. The summed E-state index contributed by atoms with van der Waals surface area (Å²) in [5.74, 6) is -1.72. The molecule has 0 radical (unpaired) electrons. The molecule has 0 aliphatic carbocycles. The van der Waals surface area contributed by atoms with Crippen LogP contribution in [0.5, 0.6) is 11.5 Å². The van der Waals surface area contributed by atoms with E-state index < -0.39 is 47.2 Å². The molecule has 0 aliphatic heterocycles. The van der Waals surface area contributed by atoms with Crippen molar-refractivity contribution in [1.29, 1.82) is 0 Å². The summed E-state index contributed by atoms with van der Waals surface area (Å²) < 4.78 is 64.4. The van der Waals surface area contributed by atoms with Crippen LogP contribution in [0.25, 0.3) is 10.8 Å². The molecule has 0 saturated carbocycles. The number of rotatable bonds is 4. The van der Waals surface area contributed by atoms with Gasteiger partial charge in [-0.05, 0) is 17.5 Å². The smallest absolute Gasteiger partial charge is 0.296 e. The highest BCUT2D eigenvalue weighted by Gasteiger charge is 2.25. The molecule has 12 nitrogen and oxygen atoms in total. The Morgan fingerprint density at radius 3 is 2.22 bits per heavy atom. The van der Waals surface area contributed by atoms with Gasteiger partial charge in [0.2, 0.25) is 5.95 Å². The molecule has 0 saturated heterocycles. The number of hydrogen-bond acceptors (Lipinski definition) is 9. The van der Waals surface area contributed by atoms with Gasteiger partial charge >= 0.3 is 0 Å². The molecule has 14 heteroatoms. The topological polar surface area (TPSA) is 203 Å². The first-order valence-corrected chi connectivity index (χ1v) is 9.75. The van der Waals surface area contributed by atoms with E-state index in [4.69, 9.17) is 4.55 Å². The lowest BCUT2D eigenvalue weighted by atomic mass is 10.1. The lowest BCUT2D eigenvalue weighted by Gasteiger charge is -2.11. The quantitative estimate of drug-likeness (QED) is 0.312. The molecule has 142 valence electrons. The Balaban J connectivity index is 2.38. The van der Waals surface area contributed by atoms with Gasteiger partial charge in [-0.2, -0.15) is 16.8 Å². The third kappa shape index (κ3) is 3.59. The third-order valence-corrected chi connectivity index (χ3v) is 5.11. The molecule has 3 rings (SSSR count). The number of phenolic OH excluding ortho intramolecular Hbond substituents is 2. The van der Waals surface area contributed by atoms with Gasteiger partial charge in [0, 0.05) is 18.5 Å². The van der Waals surface area contributed by atoms with E-state index in [-0.39, 0.29) is 16.7 Å². The number of phenols is 2. The van der Waals surface area contributed by atoms with Crippen LogP contribution in [0.15, 0.2) is 50.6 Å². The van der Waals surface area contributed by atoms with Gasteiger partial charge in [0.05, 0.1) is 10.3 Å². The number of aromatic nitrogens is 2. The first kappa shape index (κ1) is 18.7. The summed E-state index contributed by atoms with van der Waals surface area (Å²) in [7, 11) is -9.67. The number of azo groups is 1. The summed E-state index contributed by atoms with van der Waals surface area (Å²) >= 11 is 0. The zero-order valence-electron chi connectivity index (χ0n) is 13.0. The first-order valence-electron chi connectivity index (χ1n) is 6.87. The highest BCUT2D eigenvalue weighted by Crippen LogP contribution is 2.45. The minimum Gasteiger partial charge on any atom is -0.507 e. The molecular weight excluding hydrogens is 404 g/mol. The fourth-order valence-corrected chi connectivity index (χ4v) is 3.48. The molecule has 2 aromatic carbocycles. The highest BCUT2D eigenvalue weighted by molar-refractivity contribution is 7.86. The largest absolute Gasteiger partial charge is 0.507 e. The van der Waals surface area contributed by atoms with Crippen LogP contribution in [0.4, 0.5) is 11.6 Å². The maximum Gasteiger partial charge on any atom is 0.296 e. The van der Waals surface area contributed by atoms with E-state index >= 15 is 0 Å². The van der Waals surface area contributed by atoms with E-state index in [1.165, 1.54) is 12.4 Å². The molecule has 1 heterocycles. The Kier molecular flexibility index (Phi) is 4.35. The van der Waals surface area contributed by atoms with E-state index in [0.717, 1.165) is 12.1 Å².